The number of rotatable bonds is 12. The second-order valence-electron chi connectivity index (χ2n) is 5.65. The molecule has 5 nitrogen and oxygen atoms in total. The van der Waals surface area contributed by atoms with Gasteiger partial charge in [-0.2, -0.15) is 0 Å². The molecule has 0 saturated carbocycles. The smallest absolute Gasteiger partial charge is 0.243 e. The van der Waals surface area contributed by atoms with E-state index in [4.69, 9.17) is 15.2 Å². The molecule has 134 valence electrons. The van der Waals surface area contributed by atoms with Gasteiger partial charge in [-0.05, 0) is 43.2 Å². The summed E-state index contributed by atoms with van der Waals surface area (Å²) in [6, 6.07) is 5.54. The van der Waals surface area contributed by atoms with Gasteiger partial charge in [-0.25, -0.2) is 0 Å². The van der Waals surface area contributed by atoms with Crippen LogP contribution in [-0.4, -0.2) is 33.2 Å². The molecule has 0 spiro atoms. The van der Waals surface area contributed by atoms with Gasteiger partial charge >= 0.3 is 0 Å². The molecule has 0 aliphatic carbocycles. The molecule has 0 aliphatic heterocycles. The van der Waals surface area contributed by atoms with Crippen LogP contribution in [0.25, 0.3) is 6.08 Å². The first kappa shape index (κ1) is 20.0. The number of hydrogen-bond acceptors (Lipinski definition) is 4. The van der Waals surface area contributed by atoms with Crippen LogP contribution in [0.3, 0.4) is 0 Å². The van der Waals surface area contributed by atoms with E-state index < -0.39 is 0 Å². The van der Waals surface area contributed by atoms with Crippen molar-refractivity contribution in [3.8, 4) is 11.5 Å². The van der Waals surface area contributed by atoms with Crippen LogP contribution in [0, 0.1) is 0 Å². The van der Waals surface area contributed by atoms with Gasteiger partial charge in [-0.3, -0.25) is 4.79 Å². The van der Waals surface area contributed by atoms with Crippen molar-refractivity contribution in [2.75, 3.05) is 27.3 Å². The second-order valence-corrected chi connectivity index (χ2v) is 5.65. The maximum atomic E-state index is 11.8. The lowest BCUT2D eigenvalue weighted by molar-refractivity contribution is -0.116. The van der Waals surface area contributed by atoms with Crippen molar-refractivity contribution in [2.24, 2.45) is 5.73 Å². The molecule has 0 unspecified atom stereocenters. The summed E-state index contributed by atoms with van der Waals surface area (Å²) in [4.78, 5) is 11.8. The Morgan fingerprint density at radius 1 is 1.04 bits per heavy atom. The third-order valence-corrected chi connectivity index (χ3v) is 3.76. The van der Waals surface area contributed by atoms with Gasteiger partial charge in [0.25, 0.3) is 0 Å². The van der Waals surface area contributed by atoms with Crippen LogP contribution in [0.4, 0.5) is 0 Å². The Kier molecular flexibility index (Phi) is 10.4. The average molecular weight is 334 g/mol. The third-order valence-electron chi connectivity index (χ3n) is 3.76. The highest BCUT2D eigenvalue weighted by molar-refractivity contribution is 5.91. The highest BCUT2D eigenvalue weighted by Gasteiger charge is 2.03. The summed E-state index contributed by atoms with van der Waals surface area (Å²) in [7, 11) is 3.19. The fourth-order valence-corrected chi connectivity index (χ4v) is 2.38. The number of unbranched alkanes of at least 4 members (excludes halogenated alkanes) is 5. The maximum Gasteiger partial charge on any atom is 0.243 e. The van der Waals surface area contributed by atoms with Crippen molar-refractivity contribution in [1.82, 2.24) is 5.32 Å². The Hall–Kier alpha value is -2.01. The van der Waals surface area contributed by atoms with Crippen molar-refractivity contribution >= 4 is 12.0 Å². The van der Waals surface area contributed by atoms with Crippen LogP contribution in [0.1, 0.15) is 44.1 Å². The Bertz CT molecular complexity index is 515. The summed E-state index contributed by atoms with van der Waals surface area (Å²) >= 11 is 0. The van der Waals surface area contributed by atoms with E-state index in [1.165, 1.54) is 19.3 Å². The van der Waals surface area contributed by atoms with Crippen LogP contribution in [0.15, 0.2) is 24.3 Å². The van der Waals surface area contributed by atoms with Crippen LogP contribution in [0.2, 0.25) is 0 Å². The lowest BCUT2D eigenvalue weighted by atomic mass is 10.1. The minimum atomic E-state index is -0.0760. The largest absolute Gasteiger partial charge is 0.493 e. The van der Waals surface area contributed by atoms with E-state index >= 15 is 0 Å². The van der Waals surface area contributed by atoms with E-state index in [1.54, 1.807) is 26.4 Å². The van der Waals surface area contributed by atoms with Gasteiger partial charge in [-0.15, -0.1) is 0 Å². The first-order chi connectivity index (χ1) is 11.7. The fraction of sp³-hybridized carbons (Fsp3) is 0.526. The lowest BCUT2D eigenvalue weighted by Gasteiger charge is -2.07. The Balaban J connectivity index is 2.26. The van der Waals surface area contributed by atoms with E-state index in [2.05, 4.69) is 5.32 Å². The number of hydrogen-bond donors (Lipinski definition) is 2. The molecule has 0 fully saturated rings. The van der Waals surface area contributed by atoms with Gasteiger partial charge < -0.3 is 20.5 Å². The van der Waals surface area contributed by atoms with Crippen molar-refractivity contribution in [3.63, 3.8) is 0 Å². The summed E-state index contributed by atoms with van der Waals surface area (Å²) in [6.07, 6.45) is 10.2. The van der Waals surface area contributed by atoms with Crippen LogP contribution in [0.5, 0.6) is 11.5 Å². The molecule has 24 heavy (non-hydrogen) atoms. The SMILES string of the molecule is COc1ccc(/C=C/C(=O)NCCCCCCCCN)cc1OC. The molecule has 1 amide bonds. The van der Waals surface area contributed by atoms with Gasteiger partial charge in [0.05, 0.1) is 14.2 Å². The van der Waals surface area contributed by atoms with E-state index in [1.807, 2.05) is 18.2 Å². The predicted molar refractivity (Wildman–Crippen MR) is 98.3 cm³/mol. The van der Waals surface area contributed by atoms with Gasteiger partial charge in [0.2, 0.25) is 5.91 Å². The topological polar surface area (TPSA) is 73.6 Å². The number of methoxy groups -OCH3 is 2. The zero-order valence-electron chi connectivity index (χ0n) is 14.8. The van der Waals surface area contributed by atoms with Gasteiger partial charge in [0.1, 0.15) is 0 Å². The van der Waals surface area contributed by atoms with Crippen LogP contribution in [-0.2, 0) is 4.79 Å². The molecule has 0 heterocycles. The van der Waals surface area contributed by atoms with E-state index in [0.29, 0.717) is 18.0 Å². The first-order valence-corrected chi connectivity index (χ1v) is 8.59. The molecule has 1 aromatic carbocycles. The molecule has 3 N–H and O–H groups in total. The third kappa shape index (κ3) is 8.02. The summed E-state index contributed by atoms with van der Waals surface area (Å²) in [6.45, 7) is 1.49. The second kappa shape index (κ2) is 12.4. The number of carbonyl (C=O) groups excluding carboxylic acids is 1. The molecule has 0 radical (unpaired) electrons. The molecule has 1 aromatic rings. The number of carbonyl (C=O) groups is 1. The Morgan fingerprint density at radius 2 is 1.71 bits per heavy atom. The minimum Gasteiger partial charge on any atom is -0.493 e. The molecular formula is C19H30N2O3. The van der Waals surface area contributed by atoms with Gasteiger partial charge in [-0.1, -0.05) is 31.7 Å². The molecule has 0 aromatic heterocycles. The maximum absolute atomic E-state index is 11.8. The standard InChI is InChI=1S/C19H30N2O3/c1-23-17-11-9-16(15-18(17)24-2)10-12-19(22)21-14-8-6-4-3-5-7-13-20/h9-12,15H,3-8,13-14,20H2,1-2H3,(H,21,22)/b12-10+. The van der Waals surface area contributed by atoms with E-state index in [0.717, 1.165) is 31.4 Å². The summed E-state index contributed by atoms with van der Waals surface area (Å²) < 4.78 is 10.4. The predicted octanol–water partition coefficient (Wildman–Crippen LogP) is 3.13. The number of nitrogens with two attached hydrogens (primary N) is 1. The van der Waals surface area contributed by atoms with E-state index in [-0.39, 0.29) is 5.91 Å². The molecule has 0 bridgehead atoms. The van der Waals surface area contributed by atoms with Gasteiger partial charge in [0.15, 0.2) is 11.5 Å². The zero-order valence-corrected chi connectivity index (χ0v) is 14.8. The monoisotopic (exact) mass is 334 g/mol. The number of nitrogens with one attached hydrogen (secondary N) is 1. The molecule has 0 saturated heterocycles. The zero-order chi connectivity index (χ0) is 17.6. The first-order valence-electron chi connectivity index (χ1n) is 8.59. The van der Waals surface area contributed by atoms with Crippen molar-refractivity contribution in [3.05, 3.63) is 29.8 Å². The van der Waals surface area contributed by atoms with Crippen molar-refractivity contribution in [2.45, 2.75) is 38.5 Å². The van der Waals surface area contributed by atoms with Crippen LogP contribution < -0.4 is 20.5 Å². The van der Waals surface area contributed by atoms with Crippen LogP contribution >= 0.6 is 0 Å². The highest BCUT2D eigenvalue weighted by atomic mass is 16.5. The minimum absolute atomic E-state index is 0.0760. The Labute approximate surface area is 145 Å². The molecule has 1 rings (SSSR count). The highest BCUT2D eigenvalue weighted by Crippen LogP contribution is 2.27. The normalized spacial score (nSPS) is 10.8. The summed E-state index contributed by atoms with van der Waals surface area (Å²) in [5.41, 5.74) is 6.35. The average Bonchev–Trinajstić information content (AvgIpc) is 2.61. The number of amides is 1. The summed E-state index contributed by atoms with van der Waals surface area (Å²) in [5.74, 6) is 1.24. The van der Waals surface area contributed by atoms with Gasteiger partial charge in [0, 0.05) is 12.6 Å². The lowest BCUT2D eigenvalue weighted by Crippen LogP contribution is -2.21. The number of benzene rings is 1. The fourth-order valence-electron chi connectivity index (χ4n) is 2.38. The quantitative estimate of drug-likeness (QED) is 0.455. The van der Waals surface area contributed by atoms with E-state index in [9.17, 15) is 4.79 Å². The Morgan fingerprint density at radius 3 is 2.38 bits per heavy atom. The number of ether oxygens (including phenoxy) is 2. The molecule has 0 atom stereocenters. The molecular weight excluding hydrogens is 304 g/mol. The summed E-state index contributed by atoms with van der Waals surface area (Å²) in [5, 5.41) is 2.90. The van der Waals surface area contributed by atoms with Crippen molar-refractivity contribution in [1.29, 1.82) is 0 Å². The molecule has 5 heteroatoms. The molecule has 0 aliphatic rings. The van der Waals surface area contributed by atoms with Crippen molar-refractivity contribution < 1.29 is 14.3 Å².